The van der Waals surface area contributed by atoms with Gasteiger partial charge in [0.25, 0.3) is 0 Å². The summed E-state index contributed by atoms with van der Waals surface area (Å²) in [6, 6.07) is 8.07. The lowest BCUT2D eigenvalue weighted by Crippen LogP contribution is -2.08. The number of methoxy groups -OCH3 is 2. The second kappa shape index (κ2) is 8.21. The molecule has 0 aliphatic carbocycles. The van der Waals surface area contributed by atoms with E-state index in [-0.39, 0.29) is 18.4 Å². The highest BCUT2D eigenvalue weighted by molar-refractivity contribution is 9.11. The molecule has 0 spiro atoms. The number of ether oxygens (including phenoxy) is 2. The lowest BCUT2D eigenvalue weighted by atomic mass is 10.2. The predicted octanol–water partition coefficient (Wildman–Crippen LogP) is 5.37. The van der Waals surface area contributed by atoms with Crippen molar-refractivity contribution in [3.05, 3.63) is 38.8 Å². The standard InChI is InChI=1S/C17H18BrN3O2S.ClH/c1-9(15-5-6-16(18)24-15)19-17-11-7-13(22-3)14(23-4)8-12(11)20-10(2)21-17;/h5-9H,1-4H3,(H,19,20,21);1H. The first-order valence-electron chi connectivity index (χ1n) is 7.44. The van der Waals surface area contributed by atoms with Gasteiger partial charge in [0.1, 0.15) is 11.6 Å². The van der Waals surface area contributed by atoms with Crippen LogP contribution in [0.3, 0.4) is 0 Å². The zero-order valence-corrected chi connectivity index (χ0v) is 17.5. The van der Waals surface area contributed by atoms with E-state index in [0.29, 0.717) is 17.3 Å². The number of anilines is 1. The summed E-state index contributed by atoms with van der Waals surface area (Å²) in [5, 5.41) is 4.39. The monoisotopic (exact) mass is 443 g/mol. The summed E-state index contributed by atoms with van der Waals surface area (Å²) >= 11 is 5.21. The molecular weight excluding hydrogens is 426 g/mol. The van der Waals surface area contributed by atoms with Crippen LogP contribution >= 0.6 is 39.7 Å². The van der Waals surface area contributed by atoms with Gasteiger partial charge in [0, 0.05) is 16.3 Å². The quantitative estimate of drug-likeness (QED) is 0.573. The number of thiophene rings is 1. The fraction of sp³-hybridized carbons (Fsp3) is 0.294. The van der Waals surface area contributed by atoms with Gasteiger partial charge in [-0.05, 0) is 48.0 Å². The van der Waals surface area contributed by atoms with E-state index in [2.05, 4.69) is 50.3 Å². The van der Waals surface area contributed by atoms with Crippen molar-refractivity contribution in [2.24, 2.45) is 0 Å². The van der Waals surface area contributed by atoms with E-state index in [1.54, 1.807) is 25.6 Å². The Kier molecular flexibility index (Phi) is 6.48. The van der Waals surface area contributed by atoms with Gasteiger partial charge < -0.3 is 14.8 Å². The Morgan fingerprint density at radius 1 is 1.12 bits per heavy atom. The first-order valence-corrected chi connectivity index (χ1v) is 9.05. The Morgan fingerprint density at radius 3 is 2.40 bits per heavy atom. The van der Waals surface area contributed by atoms with E-state index in [0.717, 1.165) is 20.5 Å². The van der Waals surface area contributed by atoms with Gasteiger partial charge in [-0.2, -0.15) is 0 Å². The number of nitrogens with one attached hydrogen (secondary N) is 1. The normalized spacial score (nSPS) is 11.7. The van der Waals surface area contributed by atoms with E-state index in [4.69, 9.17) is 9.47 Å². The molecule has 0 fully saturated rings. The zero-order chi connectivity index (χ0) is 17.3. The summed E-state index contributed by atoms with van der Waals surface area (Å²) in [7, 11) is 3.24. The molecule has 5 nitrogen and oxygen atoms in total. The van der Waals surface area contributed by atoms with Gasteiger partial charge in [0.2, 0.25) is 0 Å². The Balaban J connectivity index is 0.00000225. The molecule has 1 atom stereocenters. The summed E-state index contributed by atoms with van der Waals surface area (Å²) in [5.41, 5.74) is 0.821. The molecular formula is C17H19BrClN3O2S. The number of hydrogen-bond donors (Lipinski definition) is 1. The number of halogens is 2. The van der Waals surface area contributed by atoms with Gasteiger partial charge in [0.15, 0.2) is 11.5 Å². The van der Waals surface area contributed by atoms with Gasteiger partial charge in [-0.25, -0.2) is 9.97 Å². The number of fused-ring (bicyclic) bond motifs is 1. The van der Waals surface area contributed by atoms with Crippen LogP contribution in [0.4, 0.5) is 5.82 Å². The smallest absolute Gasteiger partial charge is 0.162 e. The van der Waals surface area contributed by atoms with Crippen LogP contribution in [0, 0.1) is 6.92 Å². The molecule has 134 valence electrons. The fourth-order valence-corrected chi connectivity index (χ4v) is 3.94. The Labute approximate surface area is 165 Å². The number of aryl methyl sites for hydroxylation is 1. The summed E-state index contributed by atoms with van der Waals surface area (Å²) in [6.07, 6.45) is 0. The van der Waals surface area contributed by atoms with Crippen LogP contribution in [0.15, 0.2) is 28.1 Å². The first-order chi connectivity index (χ1) is 11.5. The largest absolute Gasteiger partial charge is 0.493 e. The molecule has 25 heavy (non-hydrogen) atoms. The van der Waals surface area contributed by atoms with Crippen molar-refractivity contribution < 1.29 is 9.47 Å². The molecule has 2 heterocycles. The molecule has 1 unspecified atom stereocenters. The minimum absolute atomic E-state index is 0. The molecule has 0 amide bonds. The molecule has 0 radical (unpaired) electrons. The maximum atomic E-state index is 5.41. The molecule has 0 aliphatic rings. The highest BCUT2D eigenvalue weighted by Gasteiger charge is 2.15. The molecule has 3 rings (SSSR count). The molecule has 0 aliphatic heterocycles. The number of benzene rings is 1. The van der Waals surface area contributed by atoms with E-state index < -0.39 is 0 Å². The van der Waals surface area contributed by atoms with E-state index in [1.807, 2.05) is 19.1 Å². The number of hydrogen-bond acceptors (Lipinski definition) is 6. The Bertz CT molecular complexity index is 888. The predicted molar refractivity (Wildman–Crippen MR) is 109 cm³/mol. The van der Waals surface area contributed by atoms with Crippen LogP contribution in [0.2, 0.25) is 0 Å². The minimum atomic E-state index is 0. The molecule has 2 aromatic heterocycles. The zero-order valence-electron chi connectivity index (χ0n) is 14.3. The van der Waals surface area contributed by atoms with Crippen molar-refractivity contribution in [3.63, 3.8) is 0 Å². The lowest BCUT2D eigenvalue weighted by Gasteiger charge is -2.16. The molecule has 1 aromatic carbocycles. The summed E-state index contributed by atoms with van der Waals surface area (Å²) in [4.78, 5) is 10.3. The van der Waals surface area contributed by atoms with E-state index in [9.17, 15) is 0 Å². The average molecular weight is 445 g/mol. The highest BCUT2D eigenvalue weighted by atomic mass is 79.9. The lowest BCUT2D eigenvalue weighted by molar-refractivity contribution is 0.356. The van der Waals surface area contributed by atoms with Crippen LogP contribution in [0.5, 0.6) is 11.5 Å². The van der Waals surface area contributed by atoms with Crippen molar-refractivity contribution >= 4 is 56.4 Å². The maximum Gasteiger partial charge on any atom is 0.162 e. The maximum absolute atomic E-state index is 5.41. The number of nitrogens with zero attached hydrogens (tertiary/aromatic N) is 2. The summed E-state index contributed by atoms with van der Waals surface area (Å²) in [6.45, 7) is 4.00. The van der Waals surface area contributed by atoms with Crippen molar-refractivity contribution in [1.82, 2.24) is 9.97 Å². The third kappa shape index (κ3) is 4.16. The van der Waals surface area contributed by atoms with Gasteiger partial charge in [-0.15, -0.1) is 23.7 Å². The fourth-order valence-electron chi connectivity index (χ4n) is 2.52. The van der Waals surface area contributed by atoms with E-state index >= 15 is 0 Å². The van der Waals surface area contributed by atoms with Gasteiger partial charge in [0.05, 0.1) is 29.6 Å². The van der Waals surface area contributed by atoms with Gasteiger partial charge in [-0.1, -0.05) is 0 Å². The Morgan fingerprint density at radius 2 is 1.80 bits per heavy atom. The SMILES string of the molecule is COc1cc2nc(C)nc(NC(C)c3ccc(Br)s3)c2cc1OC.Cl. The average Bonchev–Trinajstić information content (AvgIpc) is 3.00. The molecule has 8 heteroatoms. The number of rotatable bonds is 5. The third-order valence-corrected chi connectivity index (χ3v) is 5.49. The number of aromatic nitrogens is 2. The second-order valence-corrected chi connectivity index (χ2v) is 7.85. The summed E-state index contributed by atoms with van der Waals surface area (Å²) < 4.78 is 11.9. The minimum Gasteiger partial charge on any atom is -0.493 e. The molecule has 0 saturated carbocycles. The van der Waals surface area contributed by atoms with E-state index in [1.165, 1.54) is 4.88 Å². The highest BCUT2D eigenvalue weighted by Crippen LogP contribution is 2.36. The van der Waals surface area contributed by atoms with Crippen LogP contribution < -0.4 is 14.8 Å². The second-order valence-electron chi connectivity index (χ2n) is 5.35. The van der Waals surface area contributed by atoms with Crippen LogP contribution in [0.1, 0.15) is 23.7 Å². The van der Waals surface area contributed by atoms with Crippen molar-refractivity contribution in [2.75, 3.05) is 19.5 Å². The van der Waals surface area contributed by atoms with Crippen molar-refractivity contribution in [1.29, 1.82) is 0 Å². The molecule has 0 saturated heterocycles. The topological polar surface area (TPSA) is 56.3 Å². The third-order valence-electron chi connectivity index (χ3n) is 3.69. The molecule has 0 bridgehead atoms. The van der Waals surface area contributed by atoms with Crippen LogP contribution in [-0.2, 0) is 0 Å². The van der Waals surface area contributed by atoms with Crippen LogP contribution in [-0.4, -0.2) is 24.2 Å². The Hall–Kier alpha value is -1.57. The van der Waals surface area contributed by atoms with Crippen molar-refractivity contribution in [3.8, 4) is 11.5 Å². The molecule has 3 aromatic rings. The molecule has 1 N–H and O–H groups in total. The first kappa shape index (κ1) is 19.8. The van der Waals surface area contributed by atoms with Gasteiger partial charge >= 0.3 is 0 Å². The van der Waals surface area contributed by atoms with Crippen molar-refractivity contribution in [2.45, 2.75) is 19.9 Å². The van der Waals surface area contributed by atoms with Gasteiger partial charge in [-0.3, -0.25) is 0 Å². The van der Waals surface area contributed by atoms with Crippen LogP contribution in [0.25, 0.3) is 10.9 Å². The summed E-state index contributed by atoms with van der Waals surface area (Å²) in [5.74, 6) is 2.81.